The normalized spacial score (nSPS) is 18.9. The molecule has 0 radical (unpaired) electrons. The van der Waals surface area contributed by atoms with Gasteiger partial charge in [-0.05, 0) is 37.3 Å². The molecule has 1 aliphatic rings. The van der Waals surface area contributed by atoms with E-state index in [0.29, 0.717) is 16.6 Å². The Labute approximate surface area is 177 Å². The minimum Gasteiger partial charge on any atom is -0.375 e. The molecule has 2 aromatic heterocycles. The van der Waals surface area contributed by atoms with Crippen LogP contribution in [-0.2, 0) is 0 Å². The summed E-state index contributed by atoms with van der Waals surface area (Å²) in [5.41, 5.74) is 7.75. The first-order chi connectivity index (χ1) is 14.1. The second kappa shape index (κ2) is 8.75. The van der Waals surface area contributed by atoms with Gasteiger partial charge in [-0.1, -0.05) is 30.3 Å². The van der Waals surface area contributed by atoms with E-state index in [9.17, 15) is 4.79 Å². The van der Waals surface area contributed by atoms with E-state index in [1.54, 1.807) is 5.38 Å². The standard InChI is InChI=1S/C20H21ClN6OS/c21-19-25-15(12-5-2-1-3-6-12)10-17(27-19)23-13-7-4-8-14(9-13)24-18(28)16-11-29-20(22)26-16/h1-3,5-6,10-11,13-14H,4,7-9H2,(H2,22,26)(H,24,28)(H,23,25,27)/t13-,14+/m1/s1. The van der Waals surface area contributed by atoms with Crippen molar-refractivity contribution >= 4 is 39.8 Å². The number of nitrogens with zero attached hydrogens (tertiary/aromatic N) is 3. The summed E-state index contributed by atoms with van der Waals surface area (Å²) in [7, 11) is 0. The zero-order valence-electron chi connectivity index (χ0n) is 15.6. The number of aromatic nitrogens is 3. The number of carbonyl (C=O) groups excluding carboxylic acids is 1. The minimum atomic E-state index is -0.181. The molecule has 4 rings (SSSR count). The lowest BCUT2D eigenvalue weighted by atomic mass is 9.91. The van der Waals surface area contributed by atoms with Gasteiger partial charge in [-0.15, -0.1) is 11.3 Å². The molecule has 0 unspecified atom stereocenters. The van der Waals surface area contributed by atoms with Crippen molar-refractivity contribution in [1.29, 1.82) is 0 Å². The third-order valence-electron chi connectivity index (χ3n) is 4.88. The topological polar surface area (TPSA) is 106 Å². The highest BCUT2D eigenvalue weighted by Gasteiger charge is 2.25. The van der Waals surface area contributed by atoms with Gasteiger partial charge < -0.3 is 16.4 Å². The number of amides is 1. The summed E-state index contributed by atoms with van der Waals surface area (Å²) in [6.45, 7) is 0. The fourth-order valence-electron chi connectivity index (χ4n) is 3.56. The van der Waals surface area contributed by atoms with Crippen LogP contribution >= 0.6 is 22.9 Å². The molecular weight excluding hydrogens is 408 g/mol. The molecular formula is C20H21ClN6OS. The summed E-state index contributed by atoms with van der Waals surface area (Å²) in [6, 6.07) is 12.0. The molecule has 1 amide bonds. The molecule has 2 heterocycles. The van der Waals surface area contributed by atoms with Gasteiger partial charge in [0.1, 0.15) is 11.5 Å². The Morgan fingerprint density at radius 3 is 2.69 bits per heavy atom. The molecule has 4 N–H and O–H groups in total. The second-order valence-electron chi connectivity index (χ2n) is 7.02. The maximum atomic E-state index is 12.4. The second-order valence-corrected chi connectivity index (χ2v) is 8.25. The molecule has 1 aliphatic carbocycles. The van der Waals surface area contributed by atoms with Crippen LogP contribution in [0.15, 0.2) is 41.8 Å². The van der Waals surface area contributed by atoms with E-state index in [0.717, 1.165) is 36.9 Å². The molecule has 0 aliphatic heterocycles. The maximum Gasteiger partial charge on any atom is 0.271 e. The zero-order valence-corrected chi connectivity index (χ0v) is 17.2. The Morgan fingerprint density at radius 2 is 1.93 bits per heavy atom. The highest BCUT2D eigenvalue weighted by Crippen LogP contribution is 2.25. The largest absolute Gasteiger partial charge is 0.375 e. The zero-order chi connectivity index (χ0) is 20.2. The van der Waals surface area contributed by atoms with Crippen LogP contribution in [0.5, 0.6) is 0 Å². The number of hydrogen-bond donors (Lipinski definition) is 3. The first-order valence-corrected chi connectivity index (χ1v) is 10.7. The van der Waals surface area contributed by atoms with Crippen molar-refractivity contribution in [2.24, 2.45) is 0 Å². The molecule has 9 heteroatoms. The monoisotopic (exact) mass is 428 g/mol. The number of rotatable bonds is 5. The van der Waals surface area contributed by atoms with Crippen molar-refractivity contribution in [3.8, 4) is 11.3 Å². The summed E-state index contributed by atoms with van der Waals surface area (Å²) in [5.74, 6) is 0.508. The number of thiazole rings is 1. The summed E-state index contributed by atoms with van der Waals surface area (Å²) >= 11 is 7.41. The molecule has 1 saturated carbocycles. The molecule has 3 aromatic rings. The lowest BCUT2D eigenvalue weighted by Gasteiger charge is -2.30. The molecule has 1 aromatic carbocycles. The van der Waals surface area contributed by atoms with E-state index in [1.165, 1.54) is 11.3 Å². The van der Waals surface area contributed by atoms with Gasteiger partial charge in [0.15, 0.2) is 5.13 Å². The first-order valence-electron chi connectivity index (χ1n) is 9.45. The van der Waals surface area contributed by atoms with E-state index in [2.05, 4.69) is 25.6 Å². The maximum absolute atomic E-state index is 12.4. The van der Waals surface area contributed by atoms with Crippen LogP contribution in [0, 0.1) is 0 Å². The number of anilines is 2. The molecule has 2 atom stereocenters. The fourth-order valence-corrected chi connectivity index (χ4v) is 4.29. The number of benzene rings is 1. The Balaban J connectivity index is 1.42. The van der Waals surface area contributed by atoms with E-state index in [1.807, 2.05) is 36.4 Å². The fraction of sp³-hybridized carbons (Fsp3) is 0.300. The van der Waals surface area contributed by atoms with Crippen LogP contribution in [0.2, 0.25) is 5.28 Å². The number of nitrogens with two attached hydrogens (primary N) is 1. The van der Waals surface area contributed by atoms with Crippen LogP contribution in [0.1, 0.15) is 36.2 Å². The predicted octanol–water partition coefficient (Wildman–Crippen LogP) is 3.99. The SMILES string of the molecule is Nc1nc(C(=O)N[C@H]2CCC[C@@H](Nc3cc(-c4ccccc4)nc(Cl)n3)C2)cs1. The lowest BCUT2D eigenvalue weighted by Crippen LogP contribution is -2.42. The molecule has 1 fully saturated rings. The molecule has 0 bridgehead atoms. The van der Waals surface area contributed by atoms with E-state index in [-0.39, 0.29) is 23.3 Å². The highest BCUT2D eigenvalue weighted by atomic mass is 35.5. The van der Waals surface area contributed by atoms with Crippen LogP contribution in [0.25, 0.3) is 11.3 Å². The average molecular weight is 429 g/mol. The summed E-state index contributed by atoms with van der Waals surface area (Å²) < 4.78 is 0. The van der Waals surface area contributed by atoms with Gasteiger partial charge in [-0.25, -0.2) is 15.0 Å². The third-order valence-corrected chi connectivity index (χ3v) is 5.73. The van der Waals surface area contributed by atoms with Gasteiger partial charge in [0.2, 0.25) is 5.28 Å². The van der Waals surface area contributed by atoms with Gasteiger partial charge in [0.25, 0.3) is 5.91 Å². The Morgan fingerprint density at radius 1 is 1.14 bits per heavy atom. The Bertz CT molecular complexity index is 996. The number of nitrogens with one attached hydrogen (secondary N) is 2. The highest BCUT2D eigenvalue weighted by molar-refractivity contribution is 7.13. The van der Waals surface area contributed by atoms with Gasteiger partial charge >= 0.3 is 0 Å². The molecule has 150 valence electrons. The third kappa shape index (κ3) is 5.02. The van der Waals surface area contributed by atoms with Crippen LogP contribution < -0.4 is 16.4 Å². The quantitative estimate of drug-likeness (QED) is 0.530. The lowest BCUT2D eigenvalue weighted by molar-refractivity contribution is 0.0922. The summed E-state index contributed by atoms with van der Waals surface area (Å²) in [4.78, 5) is 25.1. The van der Waals surface area contributed by atoms with Crippen molar-refractivity contribution in [2.45, 2.75) is 37.8 Å². The van der Waals surface area contributed by atoms with Crippen molar-refractivity contribution in [2.75, 3.05) is 11.1 Å². The molecule has 29 heavy (non-hydrogen) atoms. The smallest absolute Gasteiger partial charge is 0.271 e. The summed E-state index contributed by atoms with van der Waals surface area (Å²) in [5, 5.41) is 8.80. The number of halogens is 1. The number of nitrogen functional groups attached to an aromatic ring is 1. The van der Waals surface area contributed by atoms with Crippen LogP contribution in [-0.4, -0.2) is 32.9 Å². The van der Waals surface area contributed by atoms with Gasteiger partial charge in [0, 0.05) is 29.1 Å². The van der Waals surface area contributed by atoms with Gasteiger partial charge in [-0.2, -0.15) is 0 Å². The average Bonchev–Trinajstić information content (AvgIpc) is 3.15. The Kier molecular flexibility index (Phi) is 5.92. The van der Waals surface area contributed by atoms with Crippen molar-refractivity contribution in [3.05, 3.63) is 52.8 Å². The predicted molar refractivity (Wildman–Crippen MR) is 116 cm³/mol. The number of hydrogen-bond acceptors (Lipinski definition) is 7. The van der Waals surface area contributed by atoms with Gasteiger partial charge in [-0.3, -0.25) is 4.79 Å². The molecule has 7 nitrogen and oxygen atoms in total. The van der Waals surface area contributed by atoms with Crippen LogP contribution in [0.3, 0.4) is 0 Å². The van der Waals surface area contributed by atoms with E-state index >= 15 is 0 Å². The number of carbonyl (C=O) groups is 1. The summed E-state index contributed by atoms with van der Waals surface area (Å²) in [6.07, 6.45) is 3.74. The van der Waals surface area contributed by atoms with Crippen molar-refractivity contribution in [1.82, 2.24) is 20.3 Å². The molecule has 0 saturated heterocycles. The van der Waals surface area contributed by atoms with E-state index < -0.39 is 0 Å². The molecule has 0 spiro atoms. The van der Waals surface area contributed by atoms with Crippen LogP contribution in [0.4, 0.5) is 10.9 Å². The van der Waals surface area contributed by atoms with Crippen molar-refractivity contribution in [3.63, 3.8) is 0 Å². The van der Waals surface area contributed by atoms with Crippen molar-refractivity contribution < 1.29 is 4.79 Å². The van der Waals surface area contributed by atoms with Gasteiger partial charge in [0.05, 0.1) is 5.69 Å². The minimum absolute atomic E-state index is 0.0718. The Hall–Kier alpha value is -2.71. The van der Waals surface area contributed by atoms with E-state index in [4.69, 9.17) is 17.3 Å². The first kappa shape index (κ1) is 19.6.